The van der Waals surface area contributed by atoms with Gasteiger partial charge in [-0.15, -0.1) is 0 Å². The van der Waals surface area contributed by atoms with Crippen molar-refractivity contribution >= 4 is 0 Å². The maximum atomic E-state index is 9.57. The van der Waals surface area contributed by atoms with Crippen molar-refractivity contribution in [1.29, 1.82) is 0 Å². The van der Waals surface area contributed by atoms with Crippen LogP contribution in [-0.4, -0.2) is 17.3 Å². The Balaban J connectivity index is 2.09. The van der Waals surface area contributed by atoms with Gasteiger partial charge in [-0.05, 0) is 37.5 Å². The van der Waals surface area contributed by atoms with Crippen molar-refractivity contribution in [2.75, 3.05) is 0 Å². The highest BCUT2D eigenvalue weighted by atomic mass is 16.3. The molecule has 0 unspecified atom stereocenters. The van der Waals surface area contributed by atoms with Gasteiger partial charge in [0.1, 0.15) is 0 Å². The van der Waals surface area contributed by atoms with E-state index >= 15 is 0 Å². The summed E-state index contributed by atoms with van der Waals surface area (Å²) < 4.78 is 0. The number of hydrogen-bond acceptors (Lipinski definition) is 2. The van der Waals surface area contributed by atoms with Crippen LogP contribution in [0.5, 0.6) is 0 Å². The lowest BCUT2D eigenvalue weighted by atomic mass is 9.83. The Bertz CT molecular complexity index is 123. The van der Waals surface area contributed by atoms with Crippen molar-refractivity contribution in [1.82, 2.24) is 0 Å². The van der Waals surface area contributed by atoms with E-state index in [1.54, 1.807) is 0 Å². The highest BCUT2D eigenvalue weighted by Crippen LogP contribution is 2.41. The first-order valence-corrected chi connectivity index (χ1v) is 4.21. The SMILES string of the molecule is NC1C[C@H]2CC[C@H](C1)C2O. The van der Waals surface area contributed by atoms with Gasteiger partial charge in [-0.3, -0.25) is 0 Å². The van der Waals surface area contributed by atoms with Crippen LogP contribution >= 0.6 is 0 Å². The van der Waals surface area contributed by atoms with Crippen LogP contribution in [0.1, 0.15) is 25.7 Å². The molecule has 3 N–H and O–H groups in total. The van der Waals surface area contributed by atoms with Crippen LogP contribution in [0, 0.1) is 11.8 Å². The lowest BCUT2D eigenvalue weighted by molar-refractivity contribution is 0.0532. The molecule has 0 aromatic rings. The molecule has 0 amide bonds. The third-order valence-corrected chi connectivity index (χ3v) is 3.09. The van der Waals surface area contributed by atoms with Gasteiger partial charge in [0.15, 0.2) is 0 Å². The van der Waals surface area contributed by atoms with Crippen molar-refractivity contribution in [3.63, 3.8) is 0 Å². The highest BCUT2D eigenvalue weighted by Gasteiger charge is 2.40. The van der Waals surface area contributed by atoms with Crippen molar-refractivity contribution in [2.24, 2.45) is 17.6 Å². The maximum absolute atomic E-state index is 9.57. The molecule has 2 aliphatic carbocycles. The molecule has 2 rings (SSSR count). The Kier molecular flexibility index (Phi) is 1.46. The summed E-state index contributed by atoms with van der Waals surface area (Å²) in [5, 5.41) is 9.57. The first-order chi connectivity index (χ1) is 4.77. The average molecular weight is 141 g/mol. The lowest BCUT2D eigenvalue weighted by Crippen LogP contribution is -2.37. The molecule has 2 aliphatic rings. The molecule has 2 atom stereocenters. The fourth-order valence-electron chi connectivity index (χ4n) is 2.54. The Morgan fingerprint density at radius 2 is 1.60 bits per heavy atom. The largest absolute Gasteiger partial charge is 0.393 e. The number of hydrogen-bond donors (Lipinski definition) is 2. The molecule has 0 radical (unpaired) electrons. The average Bonchev–Trinajstić information content (AvgIpc) is 2.20. The van der Waals surface area contributed by atoms with Gasteiger partial charge in [0.25, 0.3) is 0 Å². The minimum absolute atomic E-state index is 0.0141. The Morgan fingerprint density at radius 3 is 2.10 bits per heavy atom. The van der Waals surface area contributed by atoms with Crippen LogP contribution < -0.4 is 5.73 Å². The fourth-order valence-corrected chi connectivity index (χ4v) is 2.54. The van der Waals surface area contributed by atoms with Gasteiger partial charge < -0.3 is 10.8 Å². The summed E-state index contributed by atoms with van der Waals surface area (Å²) in [5.74, 6) is 1.07. The molecule has 2 fully saturated rings. The molecule has 2 saturated carbocycles. The molecular formula is C8H15NO. The van der Waals surface area contributed by atoms with Crippen LogP contribution in [0.25, 0.3) is 0 Å². The third kappa shape index (κ3) is 0.867. The summed E-state index contributed by atoms with van der Waals surface area (Å²) in [6.07, 6.45) is 4.51. The zero-order chi connectivity index (χ0) is 7.14. The zero-order valence-electron chi connectivity index (χ0n) is 6.16. The van der Waals surface area contributed by atoms with E-state index in [1.165, 1.54) is 12.8 Å². The minimum atomic E-state index is -0.0141. The molecule has 2 nitrogen and oxygen atoms in total. The van der Waals surface area contributed by atoms with Crippen LogP contribution in [0.15, 0.2) is 0 Å². The van der Waals surface area contributed by atoms with E-state index in [4.69, 9.17) is 5.73 Å². The van der Waals surface area contributed by atoms with Gasteiger partial charge in [-0.25, -0.2) is 0 Å². The van der Waals surface area contributed by atoms with E-state index in [1.807, 2.05) is 0 Å². The Morgan fingerprint density at radius 1 is 1.10 bits per heavy atom. The second kappa shape index (κ2) is 2.21. The third-order valence-electron chi connectivity index (χ3n) is 3.09. The topological polar surface area (TPSA) is 46.2 Å². The van der Waals surface area contributed by atoms with Gasteiger partial charge >= 0.3 is 0 Å². The first-order valence-electron chi connectivity index (χ1n) is 4.21. The monoisotopic (exact) mass is 141 g/mol. The normalized spacial score (nSPS) is 53.4. The molecule has 0 heterocycles. The molecule has 2 bridgehead atoms. The maximum Gasteiger partial charge on any atom is 0.0597 e. The summed E-state index contributed by atoms with van der Waals surface area (Å²) in [5.41, 5.74) is 5.81. The quantitative estimate of drug-likeness (QED) is 0.516. The van der Waals surface area contributed by atoms with Gasteiger partial charge in [0.05, 0.1) is 6.10 Å². The van der Waals surface area contributed by atoms with Crippen molar-refractivity contribution < 1.29 is 5.11 Å². The fraction of sp³-hybridized carbons (Fsp3) is 1.00. The van der Waals surface area contributed by atoms with E-state index in [-0.39, 0.29) is 6.10 Å². The first kappa shape index (κ1) is 6.62. The molecule has 0 aromatic heterocycles. The van der Waals surface area contributed by atoms with Gasteiger partial charge in [-0.2, -0.15) is 0 Å². The van der Waals surface area contributed by atoms with Crippen molar-refractivity contribution in [3.8, 4) is 0 Å². The standard InChI is InChI=1S/C8H15NO/c9-7-3-5-1-2-6(4-7)8(5)10/h5-8,10H,1-4,9H2/t5-,6-,7?,8?/m1/s1. The van der Waals surface area contributed by atoms with Crippen molar-refractivity contribution in [2.45, 2.75) is 37.8 Å². The molecular weight excluding hydrogens is 126 g/mol. The molecule has 10 heavy (non-hydrogen) atoms. The molecule has 2 heteroatoms. The highest BCUT2D eigenvalue weighted by molar-refractivity contribution is 4.93. The number of fused-ring (bicyclic) bond motifs is 2. The van der Waals surface area contributed by atoms with E-state index in [0.717, 1.165) is 12.8 Å². The predicted octanol–water partition coefficient (Wildman–Crippen LogP) is 0.495. The predicted molar refractivity (Wildman–Crippen MR) is 39.4 cm³/mol. The Hall–Kier alpha value is -0.0800. The summed E-state index contributed by atoms with van der Waals surface area (Å²) >= 11 is 0. The number of aliphatic hydroxyl groups excluding tert-OH is 1. The van der Waals surface area contributed by atoms with E-state index in [9.17, 15) is 5.11 Å². The number of rotatable bonds is 0. The molecule has 58 valence electrons. The molecule has 0 spiro atoms. The molecule has 0 saturated heterocycles. The summed E-state index contributed by atoms with van der Waals surface area (Å²) in [4.78, 5) is 0. The summed E-state index contributed by atoms with van der Waals surface area (Å²) in [6, 6.07) is 0.376. The van der Waals surface area contributed by atoms with E-state index in [2.05, 4.69) is 0 Å². The van der Waals surface area contributed by atoms with Gasteiger partial charge in [-0.1, -0.05) is 0 Å². The van der Waals surface area contributed by atoms with Crippen LogP contribution in [0.4, 0.5) is 0 Å². The second-order valence-corrected chi connectivity index (χ2v) is 3.82. The van der Waals surface area contributed by atoms with Crippen LogP contribution in [0.3, 0.4) is 0 Å². The lowest BCUT2D eigenvalue weighted by Gasteiger charge is -2.29. The van der Waals surface area contributed by atoms with Gasteiger partial charge in [0.2, 0.25) is 0 Å². The van der Waals surface area contributed by atoms with Gasteiger partial charge in [0, 0.05) is 6.04 Å². The van der Waals surface area contributed by atoms with Crippen LogP contribution in [0.2, 0.25) is 0 Å². The Labute approximate surface area is 61.4 Å². The smallest absolute Gasteiger partial charge is 0.0597 e. The van der Waals surface area contributed by atoms with E-state index in [0.29, 0.717) is 17.9 Å². The van der Waals surface area contributed by atoms with E-state index < -0.39 is 0 Å². The second-order valence-electron chi connectivity index (χ2n) is 3.82. The zero-order valence-corrected chi connectivity index (χ0v) is 6.16. The van der Waals surface area contributed by atoms with Crippen LogP contribution in [-0.2, 0) is 0 Å². The number of aliphatic hydroxyl groups is 1. The number of nitrogens with two attached hydrogens (primary N) is 1. The molecule has 0 aliphatic heterocycles. The minimum Gasteiger partial charge on any atom is -0.393 e. The summed E-state index contributed by atoms with van der Waals surface area (Å²) in [7, 11) is 0. The van der Waals surface area contributed by atoms with Crippen molar-refractivity contribution in [3.05, 3.63) is 0 Å². The molecule has 0 aromatic carbocycles. The summed E-state index contributed by atoms with van der Waals surface area (Å²) in [6.45, 7) is 0.